The molecule has 2 rings (SSSR count). The Morgan fingerprint density at radius 1 is 1.59 bits per heavy atom. The summed E-state index contributed by atoms with van der Waals surface area (Å²) in [6, 6.07) is 3.61. The SMILES string of the molecule is Cc1nnnn1C[C@H](O)COCc1ccco1. The highest BCUT2D eigenvalue weighted by molar-refractivity contribution is 4.96. The molecular formula is C10H14N4O3. The van der Waals surface area contributed by atoms with E-state index < -0.39 is 6.10 Å². The molecule has 0 bridgehead atoms. The molecule has 0 spiro atoms. The normalized spacial score (nSPS) is 12.8. The Kier molecular flexibility index (Phi) is 3.84. The molecule has 17 heavy (non-hydrogen) atoms. The quantitative estimate of drug-likeness (QED) is 0.771. The number of furan rings is 1. The van der Waals surface area contributed by atoms with Crippen molar-refractivity contribution in [2.75, 3.05) is 6.61 Å². The van der Waals surface area contributed by atoms with E-state index in [2.05, 4.69) is 15.5 Å². The van der Waals surface area contributed by atoms with Gasteiger partial charge >= 0.3 is 0 Å². The van der Waals surface area contributed by atoms with Crippen molar-refractivity contribution in [1.82, 2.24) is 20.2 Å². The van der Waals surface area contributed by atoms with Gasteiger partial charge in [-0.15, -0.1) is 5.10 Å². The molecule has 0 radical (unpaired) electrons. The number of ether oxygens (including phenoxy) is 1. The van der Waals surface area contributed by atoms with E-state index in [-0.39, 0.29) is 6.61 Å². The van der Waals surface area contributed by atoms with Crippen molar-refractivity contribution >= 4 is 0 Å². The average Bonchev–Trinajstić information content (AvgIpc) is 2.92. The molecule has 2 heterocycles. The van der Waals surface area contributed by atoms with Gasteiger partial charge in [0, 0.05) is 0 Å². The maximum atomic E-state index is 9.70. The van der Waals surface area contributed by atoms with Crippen LogP contribution in [0, 0.1) is 6.92 Å². The Morgan fingerprint density at radius 3 is 3.12 bits per heavy atom. The smallest absolute Gasteiger partial charge is 0.148 e. The minimum Gasteiger partial charge on any atom is -0.467 e. The lowest BCUT2D eigenvalue weighted by molar-refractivity contribution is 0.0126. The zero-order valence-electron chi connectivity index (χ0n) is 9.48. The Hall–Kier alpha value is -1.73. The molecule has 1 N–H and O–H groups in total. The van der Waals surface area contributed by atoms with E-state index in [9.17, 15) is 5.11 Å². The highest BCUT2D eigenvalue weighted by Gasteiger charge is 2.09. The molecule has 0 saturated carbocycles. The van der Waals surface area contributed by atoms with Crippen molar-refractivity contribution < 1.29 is 14.3 Å². The minimum atomic E-state index is -0.646. The van der Waals surface area contributed by atoms with Crippen molar-refractivity contribution in [2.45, 2.75) is 26.2 Å². The fourth-order valence-electron chi connectivity index (χ4n) is 1.36. The van der Waals surface area contributed by atoms with Gasteiger partial charge in [0.2, 0.25) is 0 Å². The molecule has 92 valence electrons. The molecular weight excluding hydrogens is 224 g/mol. The summed E-state index contributed by atoms with van der Waals surface area (Å²) >= 11 is 0. The fourth-order valence-corrected chi connectivity index (χ4v) is 1.36. The molecule has 7 heteroatoms. The number of aryl methyl sites for hydroxylation is 1. The summed E-state index contributed by atoms with van der Waals surface area (Å²) in [7, 11) is 0. The van der Waals surface area contributed by atoms with Gasteiger partial charge in [-0.25, -0.2) is 4.68 Å². The van der Waals surface area contributed by atoms with Crippen molar-refractivity contribution in [3.05, 3.63) is 30.0 Å². The molecule has 0 amide bonds. The van der Waals surface area contributed by atoms with E-state index in [1.807, 2.05) is 6.07 Å². The second kappa shape index (κ2) is 5.55. The first-order chi connectivity index (χ1) is 8.25. The van der Waals surface area contributed by atoms with E-state index in [4.69, 9.17) is 9.15 Å². The van der Waals surface area contributed by atoms with Crippen molar-refractivity contribution in [3.63, 3.8) is 0 Å². The molecule has 7 nitrogen and oxygen atoms in total. The third-order valence-electron chi connectivity index (χ3n) is 2.23. The summed E-state index contributed by atoms with van der Waals surface area (Å²) in [5, 5.41) is 20.7. The summed E-state index contributed by atoms with van der Waals surface area (Å²) in [6.45, 7) is 2.64. The third kappa shape index (κ3) is 3.36. The second-order valence-corrected chi connectivity index (χ2v) is 3.66. The molecule has 2 aromatic heterocycles. The first-order valence-corrected chi connectivity index (χ1v) is 5.26. The van der Waals surface area contributed by atoms with Crippen LogP contribution in [0.1, 0.15) is 11.6 Å². The monoisotopic (exact) mass is 238 g/mol. The number of aliphatic hydroxyl groups excluding tert-OH is 1. The maximum absolute atomic E-state index is 9.70. The van der Waals surface area contributed by atoms with Crippen molar-refractivity contribution in [2.24, 2.45) is 0 Å². The van der Waals surface area contributed by atoms with Gasteiger partial charge in [0.25, 0.3) is 0 Å². The van der Waals surface area contributed by atoms with Crippen LogP contribution in [0.4, 0.5) is 0 Å². The van der Waals surface area contributed by atoms with Crippen LogP contribution in [-0.4, -0.2) is 38.0 Å². The van der Waals surface area contributed by atoms with Gasteiger partial charge in [0.1, 0.15) is 18.2 Å². The Bertz CT molecular complexity index is 440. The first-order valence-electron chi connectivity index (χ1n) is 5.26. The molecule has 0 fully saturated rings. The third-order valence-corrected chi connectivity index (χ3v) is 2.23. The van der Waals surface area contributed by atoms with E-state index in [1.165, 1.54) is 4.68 Å². The van der Waals surface area contributed by atoms with Crippen LogP contribution in [0.5, 0.6) is 0 Å². The zero-order chi connectivity index (χ0) is 12.1. The molecule has 0 aliphatic rings. The van der Waals surface area contributed by atoms with Crippen LogP contribution >= 0.6 is 0 Å². The molecule has 0 aliphatic heterocycles. The highest BCUT2D eigenvalue weighted by atomic mass is 16.5. The summed E-state index contributed by atoms with van der Waals surface area (Å²) in [5.74, 6) is 1.39. The lowest BCUT2D eigenvalue weighted by Crippen LogP contribution is -2.23. The van der Waals surface area contributed by atoms with Gasteiger partial charge in [-0.3, -0.25) is 0 Å². The predicted molar refractivity (Wildman–Crippen MR) is 56.9 cm³/mol. The first kappa shape index (κ1) is 11.7. The van der Waals surface area contributed by atoms with Gasteiger partial charge in [-0.2, -0.15) is 0 Å². The van der Waals surface area contributed by atoms with Crippen LogP contribution in [-0.2, 0) is 17.9 Å². The number of tetrazole rings is 1. The number of aromatic nitrogens is 4. The molecule has 1 atom stereocenters. The van der Waals surface area contributed by atoms with Crippen LogP contribution in [0.3, 0.4) is 0 Å². The molecule has 0 aliphatic carbocycles. The molecule has 0 saturated heterocycles. The van der Waals surface area contributed by atoms with Crippen LogP contribution in [0.15, 0.2) is 22.8 Å². The number of hydrogen-bond donors (Lipinski definition) is 1. The van der Waals surface area contributed by atoms with E-state index in [0.29, 0.717) is 19.0 Å². The maximum Gasteiger partial charge on any atom is 0.148 e. The Balaban J connectivity index is 1.71. The molecule has 0 unspecified atom stereocenters. The fraction of sp³-hybridized carbons (Fsp3) is 0.500. The van der Waals surface area contributed by atoms with Gasteiger partial charge in [0.05, 0.1) is 25.5 Å². The number of nitrogens with zero attached hydrogens (tertiary/aromatic N) is 4. The lowest BCUT2D eigenvalue weighted by atomic mass is 10.4. The summed E-state index contributed by atoms with van der Waals surface area (Å²) < 4.78 is 11.9. The average molecular weight is 238 g/mol. The van der Waals surface area contributed by atoms with E-state index >= 15 is 0 Å². The molecule has 2 aromatic rings. The van der Waals surface area contributed by atoms with E-state index in [0.717, 1.165) is 5.76 Å². The van der Waals surface area contributed by atoms with Crippen molar-refractivity contribution in [3.8, 4) is 0 Å². The van der Waals surface area contributed by atoms with Crippen molar-refractivity contribution in [1.29, 1.82) is 0 Å². The van der Waals surface area contributed by atoms with Crippen LogP contribution in [0.2, 0.25) is 0 Å². The number of rotatable bonds is 6. The van der Waals surface area contributed by atoms with Gasteiger partial charge in [-0.1, -0.05) is 0 Å². The Morgan fingerprint density at radius 2 is 2.47 bits per heavy atom. The minimum absolute atomic E-state index is 0.208. The zero-order valence-corrected chi connectivity index (χ0v) is 9.48. The molecule has 0 aromatic carbocycles. The summed E-state index contributed by atoms with van der Waals surface area (Å²) in [6.07, 6.45) is 0.937. The van der Waals surface area contributed by atoms with Gasteiger partial charge < -0.3 is 14.3 Å². The summed E-state index contributed by atoms with van der Waals surface area (Å²) in [5.41, 5.74) is 0. The Labute approximate surface area is 98.0 Å². The van der Waals surface area contributed by atoms with Crippen LogP contribution in [0.25, 0.3) is 0 Å². The predicted octanol–water partition coefficient (Wildman–Crippen LogP) is 0.152. The number of hydrogen-bond acceptors (Lipinski definition) is 6. The lowest BCUT2D eigenvalue weighted by Gasteiger charge is -2.10. The summed E-state index contributed by atoms with van der Waals surface area (Å²) in [4.78, 5) is 0. The second-order valence-electron chi connectivity index (χ2n) is 3.66. The largest absolute Gasteiger partial charge is 0.467 e. The standard InChI is InChI=1S/C10H14N4O3/c1-8-11-12-13-14(8)5-9(15)6-16-7-10-3-2-4-17-10/h2-4,9,15H,5-7H2,1H3/t9-/m0/s1. The van der Waals surface area contributed by atoms with E-state index in [1.54, 1.807) is 19.3 Å². The van der Waals surface area contributed by atoms with Gasteiger partial charge in [0.15, 0.2) is 0 Å². The van der Waals surface area contributed by atoms with Gasteiger partial charge in [-0.05, 0) is 29.5 Å². The topological polar surface area (TPSA) is 86.2 Å². The van der Waals surface area contributed by atoms with Crippen LogP contribution < -0.4 is 0 Å². The number of aliphatic hydroxyl groups is 1. The highest BCUT2D eigenvalue weighted by Crippen LogP contribution is 2.02.